The average molecular weight is 455 g/mol. The lowest BCUT2D eigenvalue weighted by molar-refractivity contribution is -0.116. The number of carbonyl (C=O) groups excluding carboxylic acids is 1. The Balaban J connectivity index is 1.35. The van der Waals surface area contributed by atoms with E-state index >= 15 is 0 Å². The number of sulfonamides is 1. The third-order valence-electron chi connectivity index (χ3n) is 5.55. The molecule has 0 radical (unpaired) electrons. The van der Waals surface area contributed by atoms with Crippen molar-refractivity contribution in [3.8, 4) is 0 Å². The van der Waals surface area contributed by atoms with Crippen LogP contribution < -0.4 is 10.9 Å². The first kappa shape index (κ1) is 22.2. The van der Waals surface area contributed by atoms with Gasteiger partial charge in [-0.2, -0.15) is 4.31 Å². The summed E-state index contributed by atoms with van der Waals surface area (Å²) >= 11 is 0. The molecule has 2 N–H and O–H groups in total. The van der Waals surface area contributed by atoms with Crippen LogP contribution in [-0.4, -0.2) is 41.7 Å². The number of benzene rings is 2. The molecule has 3 aromatic rings. The van der Waals surface area contributed by atoms with Gasteiger partial charge in [-0.3, -0.25) is 9.59 Å². The van der Waals surface area contributed by atoms with Crippen LogP contribution in [0.2, 0.25) is 0 Å². The molecular weight excluding hydrogens is 428 g/mol. The number of hydrogen-bond acceptors (Lipinski definition) is 5. The first-order valence-electron chi connectivity index (χ1n) is 10.8. The lowest BCUT2D eigenvalue weighted by Gasteiger charge is -2.26. The molecule has 1 aliphatic rings. The molecule has 168 valence electrons. The number of anilines is 1. The van der Waals surface area contributed by atoms with Gasteiger partial charge < -0.3 is 10.3 Å². The number of aryl methyl sites for hydroxylation is 1. The Morgan fingerprint density at radius 3 is 2.66 bits per heavy atom. The Kier molecular flexibility index (Phi) is 6.66. The molecule has 9 heteroatoms. The van der Waals surface area contributed by atoms with E-state index in [1.54, 1.807) is 36.4 Å². The zero-order valence-corrected chi connectivity index (χ0v) is 18.5. The number of nitrogens with zero attached hydrogens (tertiary/aromatic N) is 2. The van der Waals surface area contributed by atoms with Gasteiger partial charge in [-0.15, -0.1) is 0 Å². The molecular formula is C23H26N4O4S. The molecule has 0 atom stereocenters. The molecule has 32 heavy (non-hydrogen) atoms. The van der Waals surface area contributed by atoms with Crippen LogP contribution in [0.3, 0.4) is 0 Å². The number of aromatic nitrogens is 2. The second-order valence-electron chi connectivity index (χ2n) is 7.92. The quantitative estimate of drug-likeness (QED) is 0.570. The van der Waals surface area contributed by atoms with Gasteiger partial charge in [0.15, 0.2) is 0 Å². The van der Waals surface area contributed by atoms with Gasteiger partial charge in [0.05, 0.1) is 15.8 Å². The van der Waals surface area contributed by atoms with Crippen LogP contribution >= 0.6 is 0 Å². The number of para-hydroxylation sites is 1. The van der Waals surface area contributed by atoms with E-state index in [4.69, 9.17) is 0 Å². The van der Waals surface area contributed by atoms with Gasteiger partial charge in [-0.25, -0.2) is 13.4 Å². The highest BCUT2D eigenvalue weighted by molar-refractivity contribution is 7.89. The van der Waals surface area contributed by atoms with E-state index < -0.39 is 10.0 Å². The molecule has 0 aliphatic carbocycles. The Hall–Kier alpha value is -3.04. The minimum atomic E-state index is -3.56. The molecule has 1 fully saturated rings. The van der Waals surface area contributed by atoms with Crippen LogP contribution in [0.5, 0.6) is 0 Å². The minimum Gasteiger partial charge on any atom is -0.326 e. The monoisotopic (exact) mass is 454 g/mol. The van der Waals surface area contributed by atoms with Gasteiger partial charge in [0.2, 0.25) is 15.9 Å². The van der Waals surface area contributed by atoms with Crippen LogP contribution in [-0.2, 0) is 21.2 Å². The number of aromatic amines is 1. The maximum atomic E-state index is 12.9. The van der Waals surface area contributed by atoms with Gasteiger partial charge in [-0.05, 0) is 49.6 Å². The van der Waals surface area contributed by atoms with Gasteiger partial charge in [0.1, 0.15) is 5.82 Å². The summed E-state index contributed by atoms with van der Waals surface area (Å²) in [5, 5.41) is 3.31. The summed E-state index contributed by atoms with van der Waals surface area (Å²) in [6, 6.07) is 13.5. The van der Waals surface area contributed by atoms with Crippen molar-refractivity contribution in [2.24, 2.45) is 0 Å². The van der Waals surface area contributed by atoms with Crippen molar-refractivity contribution in [1.29, 1.82) is 0 Å². The normalized spacial score (nSPS) is 15.0. The van der Waals surface area contributed by atoms with Crippen molar-refractivity contribution in [1.82, 2.24) is 14.3 Å². The number of H-pyrrole nitrogens is 1. The van der Waals surface area contributed by atoms with Crippen LogP contribution in [0.4, 0.5) is 5.69 Å². The van der Waals surface area contributed by atoms with Crippen LogP contribution in [0, 0.1) is 0 Å². The molecule has 1 aromatic heterocycles. The highest BCUT2D eigenvalue weighted by atomic mass is 32.2. The van der Waals surface area contributed by atoms with Gasteiger partial charge in [0.25, 0.3) is 5.56 Å². The molecule has 0 bridgehead atoms. The molecule has 1 amide bonds. The van der Waals surface area contributed by atoms with Crippen LogP contribution in [0.25, 0.3) is 10.9 Å². The van der Waals surface area contributed by atoms with E-state index in [1.165, 1.54) is 10.4 Å². The van der Waals surface area contributed by atoms with Crippen molar-refractivity contribution >= 4 is 32.5 Å². The number of nitrogens with one attached hydrogen (secondary N) is 2. The van der Waals surface area contributed by atoms with E-state index in [0.717, 1.165) is 19.3 Å². The standard InChI is InChI=1S/C23H26N4O4S/c28-22(13-7-12-21-25-20-11-3-2-10-19(20)23(29)26-21)24-17-8-6-9-18(16-17)32(30,31)27-14-4-1-5-15-27/h2-3,6,8-11,16H,1,4-5,7,12-15H2,(H,24,28)(H,25,26,29). The molecule has 2 aromatic carbocycles. The fourth-order valence-corrected chi connectivity index (χ4v) is 5.45. The highest BCUT2D eigenvalue weighted by Crippen LogP contribution is 2.23. The Morgan fingerprint density at radius 2 is 1.84 bits per heavy atom. The van der Waals surface area contributed by atoms with E-state index in [1.807, 2.05) is 6.07 Å². The van der Waals surface area contributed by atoms with Crippen molar-refractivity contribution in [2.75, 3.05) is 18.4 Å². The Labute approximate surface area is 186 Å². The van der Waals surface area contributed by atoms with Crippen molar-refractivity contribution < 1.29 is 13.2 Å². The molecule has 0 saturated carbocycles. The summed E-state index contributed by atoms with van der Waals surface area (Å²) in [5.74, 6) is 0.316. The van der Waals surface area contributed by atoms with Crippen molar-refractivity contribution in [3.63, 3.8) is 0 Å². The SMILES string of the molecule is O=C(CCCc1nc2ccccc2c(=O)[nH]1)Nc1cccc(S(=O)(=O)N2CCCCC2)c1. The van der Waals surface area contributed by atoms with Gasteiger partial charge >= 0.3 is 0 Å². The van der Waals surface area contributed by atoms with E-state index in [0.29, 0.717) is 48.3 Å². The zero-order chi connectivity index (χ0) is 22.6. The lowest BCUT2D eigenvalue weighted by atomic mass is 10.2. The number of piperidine rings is 1. The van der Waals surface area contributed by atoms with E-state index in [-0.39, 0.29) is 22.8 Å². The summed E-state index contributed by atoms with van der Waals surface area (Å²) < 4.78 is 27.2. The Morgan fingerprint density at radius 1 is 1.06 bits per heavy atom. The fourth-order valence-electron chi connectivity index (χ4n) is 3.88. The van der Waals surface area contributed by atoms with Crippen molar-refractivity contribution in [2.45, 2.75) is 43.4 Å². The van der Waals surface area contributed by atoms with Crippen molar-refractivity contribution in [3.05, 3.63) is 64.7 Å². The second-order valence-corrected chi connectivity index (χ2v) is 9.86. The highest BCUT2D eigenvalue weighted by Gasteiger charge is 2.26. The maximum absolute atomic E-state index is 12.9. The first-order chi connectivity index (χ1) is 15.4. The number of carbonyl (C=O) groups is 1. The summed E-state index contributed by atoms with van der Waals surface area (Å²) in [6.45, 7) is 1.06. The van der Waals surface area contributed by atoms with Crippen LogP contribution in [0.1, 0.15) is 37.9 Å². The third-order valence-corrected chi connectivity index (χ3v) is 7.44. The van der Waals surface area contributed by atoms with Crippen LogP contribution in [0.15, 0.2) is 58.2 Å². The van der Waals surface area contributed by atoms with E-state index in [2.05, 4.69) is 15.3 Å². The first-order valence-corrected chi connectivity index (χ1v) is 12.3. The molecule has 1 aliphatic heterocycles. The van der Waals surface area contributed by atoms with Gasteiger partial charge in [-0.1, -0.05) is 24.6 Å². The second kappa shape index (κ2) is 9.62. The number of amides is 1. The zero-order valence-electron chi connectivity index (χ0n) is 17.7. The fraction of sp³-hybridized carbons (Fsp3) is 0.348. The molecule has 1 saturated heterocycles. The average Bonchev–Trinajstić information content (AvgIpc) is 2.80. The molecule has 2 heterocycles. The summed E-state index contributed by atoms with van der Waals surface area (Å²) in [7, 11) is -3.56. The number of fused-ring (bicyclic) bond motifs is 1. The third kappa shape index (κ3) is 5.05. The summed E-state index contributed by atoms with van der Waals surface area (Å²) in [5.41, 5.74) is 0.884. The molecule has 4 rings (SSSR count). The topological polar surface area (TPSA) is 112 Å². The van der Waals surface area contributed by atoms with Gasteiger partial charge in [0, 0.05) is 31.6 Å². The maximum Gasteiger partial charge on any atom is 0.258 e. The largest absolute Gasteiger partial charge is 0.326 e. The Bertz CT molecular complexity index is 1280. The summed E-state index contributed by atoms with van der Waals surface area (Å²) in [6.07, 6.45) is 3.96. The molecule has 0 unspecified atom stereocenters. The lowest BCUT2D eigenvalue weighted by Crippen LogP contribution is -2.35. The smallest absolute Gasteiger partial charge is 0.258 e. The minimum absolute atomic E-state index is 0.190. The molecule has 0 spiro atoms. The predicted molar refractivity (Wildman–Crippen MR) is 123 cm³/mol. The predicted octanol–water partition coefficient (Wildman–Crippen LogP) is 3.06. The number of rotatable bonds is 7. The summed E-state index contributed by atoms with van der Waals surface area (Å²) in [4.78, 5) is 31.9. The number of hydrogen-bond donors (Lipinski definition) is 2. The van der Waals surface area contributed by atoms with E-state index in [9.17, 15) is 18.0 Å². The molecule has 8 nitrogen and oxygen atoms in total.